The number of phosphoric ester groups is 1. The minimum atomic E-state index is -4.39. The van der Waals surface area contributed by atoms with Crippen molar-refractivity contribution in [1.29, 1.82) is 0 Å². The van der Waals surface area contributed by atoms with Crippen molar-refractivity contribution in [3.05, 3.63) is 122 Å². The van der Waals surface area contributed by atoms with Crippen LogP contribution in [0.4, 0.5) is 0 Å². The Bertz CT molecular complexity index is 1650. The Balaban J connectivity index is 4.08. The van der Waals surface area contributed by atoms with E-state index in [1.807, 2.05) is 21.1 Å². The molecule has 0 rings (SSSR count). The second-order valence-corrected chi connectivity index (χ2v) is 21.4. The van der Waals surface area contributed by atoms with Crippen LogP contribution in [0.2, 0.25) is 0 Å². The molecule has 0 aromatic heterocycles. The lowest BCUT2D eigenvalue weighted by Crippen LogP contribution is -2.37. The minimum Gasteiger partial charge on any atom is -0.462 e. The Labute approximate surface area is 448 Å². The van der Waals surface area contributed by atoms with Crippen LogP contribution >= 0.6 is 7.82 Å². The predicted octanol–water partition coefficient (Wildman–Crippen LogP) is 18.0. The molecule has 2 unspecified atom stereocenters. The van der Waals surface area contributed by atoms with Gasteiger partial charge in [0.05, 0.1) is 27.7 Å². The Morgan fingerprint density at radius 1 is 0.438 bits per heavy atom. The molecule has 0 aliphatic rings. The number of ether oxygens (including phenoxy) is 2. The summed E-state index contributed by atoms with van der Waals surface area (Å²) in [5, 5.41) is 0. The highest BCUT2D eigenvalue weighted by molar-refractivity contribution is 7.47. The molecule has 416 valence electrons. The number of phosphoric acid groups is 1. The van der Waals surface area contributed by atoms with E-state index in [2.05, 4.69) is 135 Å². The highest BCUT2D eigenvalue weighted by Crippen LogP contribution is 2.43. The van der Waals surface area contributed by atoms with Gasteiger partial charge in [-0.15, -0.1) is 0 Å². The molecule has 0 amide bonds. The van der Waals surface area contributed by atoms with Crippen LogP contribution in [0.25, 0.3) is 0 Å². The average Bonchev–Trinajstić information content (AvgIpc) is 3.35. The number of rotatable bonds is 51. The summed E-state index contributed by atoms with van der Waals surface area (Å²) in [5.41, 5.74) is 0. The zero-order chi connectivity index (χ0) is 53.5. The summed E-state index contributed by atoms with van der Waals surface area (Å²) in [6, 6.07) is 0. The maximum absolute atomic E-state index is 12.8. The number of likely N-dealkylation sites (N-methyl/N-ethyl adjacent to an activating group) is 1. The van der Waals surface area contributed by atoms with Crippen LogP contribution in [0, 0.1) is 0 Å². The first-order valence-electron chi connectivity index (χ1n) is 28.8. The van der Waals surface area contributed by atoms with E-state index in [1.165, 1.54) is 70.6 Å². The summed E-state index contributed by atoms with van der Waals surface area (Å²) in [4.78, 5) is 35.5. The van der Waals surface area contributed by atoms with Gasteiger partial charge in [0, 0.05) is 12.8 Å². The molecule has 73 heavy (non-hydrogen) atoms. The van der Waals surface area contributed by atoms with Crippen molar-refractivity contribution in [1.82, 2.24) is 0 Å². The van der Waals surface area contributed by atoms with Crippen LogP contribution in [-0.2, 0) is 32.7 Å². The second kappa shape index (κ2) is 53.2. The van der Waals surface area contributed by atoms with Gasteiger partial charge in [0.25, 0.3) is 0 Å². The number of carbonyl (C=O) groups excluding carboxylic acids is 2. The van der Waals surface area contributed by atoms with Crippen LogP contribution in [0.1, 0.15) is 213 Å². The standard InChI is InChI=1S/C63H106NO8P/c1-6-8-10-12-14-16-18-19-20-21-22-23-24-25-26-27-28-29-30-31-32-33-34-35-36-37-38-39-40-41-42-43-44-45-46-48-50-52-54-56-63(66)72-61(60-71-73(67,68)70-58-57-64(3,4)5)59-69-62(65)55-53-51-49-47-17-15-13-11-9-7-2/h8,10,14,16,19-20,22-23,25-26,28-29,31-32,34-35,37-38,40-41,61H,6-7,9,11-13,15,17-18,21,24,27,30,33,36,39,42-60H2,1-5H3/p+1/b10-8-,16-14-,20-19-,23-22-,26-25-,29-28-,32-31-,35-34-,38-37-,41-40-. The Morgan fingerprint density at radius 3 is 1.16 bits per heavy atom. The normalized spacial score (nSPS) is 14.2. The molecule has 1 N–H and O–H groups in total. The average molecular weight is 1040 g/mol. The van der Waals surface area contributed by atoms with Crippen molar-refractivity contribution in [3.63, 3.8) is 0 Å². The summed E-state index contributed by atoms with van der Waals surface area (Å²) in [5.74, 6) is -0.815. The third-order valence-electron chi connectivity index (χ3n) is 11.8. The summed E-state index contributed by atoms with van der Waals surface area (Å²) >= 11 is 0. The van der Waals surface area contributed by atoms with Crippen LogP contribution in [-0.4, -0.2) is 74.9 Å². The summed E-state index contributed by atoms with van der Waals surface area (Å²) in [6.45, 7) is 4.27. The second-order valence-electron chi connectivity index (χ2n) is 19.9. The van der Waals surface area contributed by atoms with Crippen molar-refractivity contribution in [2.24, 2.45) is 0 Å². The molecule has 0 aliphatic carbocycles. The zero-order valence-electron chi connectivity index (χ0n) is 47.1. The quantitative estimate of drug-likeness (QED) is 0.0211. The van der Waals surface area contributed by atoms with Crippen molar-refractivity contribution in [2.45, 2.75) is 219 Å². The monoisotopic (exact) mass is 1040 g/mol. The lowest BCUT2D eigenvalue weighted by molar-refractivity contribution is -0.870. The minimum absolute atomic E-state index is 0.0255. The molecule has 0 radical (unpaired) electrons. The summed E-state index contributed by atoms with van der Waals surface area (Å²) in [7, 11) is 1.46. The van der Waals surface area contributed by atoms with Gasteiger partial charge in [0.2, 0.25) is 0 Å². The number of unbranched alkanes of at least 4 members (excludes halogenated alkanes) is 17. The third-order valence-corrected chi connectivity index (χ3v) is 12.7. The molecule has 0 aromatic carbocycles. The van der Waals surface area contributed by atoms with Crippen molar-refractivity contribution in [3.8, 4) is 0 Å². The van der Waals surface area contributed by atoms with E-state index in [0.717, 1.165) is 109 Å². The number of quaternary nitrogens is 1. The number of carbonyl (C=O) groups is 2. The Kier molecular flexibility index (Phi) is 50.6. The van der Waals surface area contributed by atoms with Gasteiger partial charge in [-0.3, -0.25) is 18.6 Å². The zero-order valence-corrected chi connectivity index (χ0v) is 48.0. The summed E-state index contributed by atoms with van der Waals surface area (Å²) < 4.78 is 34.4. The summed E-state index contributed by atoms with van der Waals surface area (Å²) in [6.07, 6.45) is 75.7. The van der Waals surface area contributed by atoms with Gasteiger partial charge in [0.1, 0.15) is 19.8 Å². The van der Waals surface area contributed by atoms with E-state index < -0.39 is 26.5 Å². The molecule has 0 bridgehead atoms. The lowest BCUT2D eigenvalue weighted by atomic mass is 10.1. The maximum Gasteiger partial charge on any atom is 0.472 e. The first-order chi connectivity index (χ1) is 35.5. The fourth-order valence-electron chi connectivity index (χ4n) is 7.34. The van der Waals surface area contributed by atoms with Gasteiger partial charge in [0.15, 0.2) is 6.10 Å². The van der Waals surface area contributed by atoms with E-state index in [-0.39, 0.29) is 32.0 Å². The molecule has 2 atom stereocenters. The molecule has 0 saturated heterocycles. The van der Waals surface area contributed by atoms with Crippen molar-refractivity contribution < 1.29 is 42.1 Å². The van der Waals surface area contributed by atoms with E-state index in [0.29, 0.717) is 17.4 Å². The van der Waals surface area contributed by atoms with E-state index in [9.17, 15) is 19.0 Å². The fraction of sp³-hybridized carbons (Fsp3) is 0.651. The topological polar surface area (TPSA) is 108 Å². The van der Waals surface area contributed by atoms with Crippen molar-refractivity contribution >= 4 is 19.8 Å². The van der Waals surface area contributed by atoms with Gasteiger partial charge in [-0.2, -0.15) is 0 Å². The first kappa shape index (κ1) is 69.4. The number of esters is 2. The van der Waals surface area contributed by atoms with Crippen LogP contribution < -0.4 is 0 Å². The largest absolute Gasteiger partial charge is 0.472 e. The number of allylic oxidation sites excluding steroid dienone is 20. The number of hydrogen-bond donors (Lipinski definition) is 1. The molecular formula is C63H107NO8P+. The van der Waals surface area contributed by atoms with Crippen LogP contribution in [0.15, 0.2) is 122 Å². The molecule has 0 aromatic rings. The van der Waals surface area contributed by atoms with Gasteiger partial charge < -0.3 is 18.9 Å². The van der Waals surface area contributed by atoms with Gasteiger partial charge in [-0.25, -0.2) is 4.57 Å². The fourth-order valence-corrected chi connectivity index (χ4v) is 8.08. The van der Waals surface area contributed by atoms with E-state index in [4.69, 9.17) is 18.5 Å². The molecular weight excluding hydrogens is 930 g/mol. The van der Waals surface area contributed by atoms with Gasteiger partial charge in [-0.05, 0) is 89.9 Å². The number of hydrogen-bond acceptors (Lipinski definition) is 7. The van der Waals surface area contributed by atoms with Crippen molar-refractivity contribution in [2.75, 3.05) is 47.5 Å². The lowest BCUT2D eigenvalue weighted by Gasteiger charge is -2.24. The predicted molar refractivity (Wildman–Crippen MR) is 311 cm³/mol. The van der Waals surface area contributed by atoms with Gasteiger partial charge in [-0.1, -0.05) is 232 Å². The smallest absolute Gasteiger partial charge is 0.462 e. The highest BCUT2D eigenvalue weighted by atomic mass is 31.2. The first-order valence-corrected chi connectivity index (χ1v) is 30.3. The molecule has 0 spiro atoms. The molecule has 0 fully saturated rings. The van der Waals surface area contributed by atoms with E-state index >= 15 is 0 Å². The molecule has 0 heterocycles. The molecule has 0 aliphatic heterocycles. The maximum atomic E-state index is 12.8. The Hall–Kier alpha value is -3.59. The molecule has 10 heteroatoms. The van der Waals surface area contributed by atoms with Gasteiger partial charge >= 0.3 is 19.8 Å². The molecule has 0 saturated carbocycles. The number of nitrogens with zero attached hydrogens (tertiary/aromatic N) is 1. The van der Waals surface area contributed by atoms with Crippen LogP contribution in [0.5, 0.6) is 0 Å². The van der Waals surface area contributed by atoms with Crippen LogP contribution in [0.3, 0.4) is 0 Å². The third kappa shape index (κ3) is 57.5. The Morgan fingerprint density at radius 2 is 0.781 bits per heavy atom. The molecule has 9 nitrogen and oxygen atoms in total. The highest BCUT2D eigenvalue weighted by Gasteiger charge is 2.27. The van der Waals surface area contributed by atoms with E-state index in [1.54, 1.807) is 0 Å². The SMILES string of the molecule is CC/C=C\C/C=C\C/C=C\C/C=C\C/C=C\C/C=C\C/C=C\C/C=C\C/C=C\C/C=C\CCCCCCCCCCC(=O)OC(COC(=O)CCCCCCCCCCCC)COP(=O)(O)OCC[N+](C)(C)C.